The normalized spacial score (nSPS) is 17.4. The molecule has 172 valence electrons. The Labute approximate surface area is 190 Å². The number of nitrogens with zero attached hydrogens (tertiary/aromatic N) is 2. The highest BCUT2D eigenvalue weighted by Gasteiger charge is 2.24. The second kappa shape index (κ2) is 9.60. The van der Waals surface area contributed by atoms with E-state index in [1.807, 2.05) is 19.1 Å². The maximum atomic E-state index is 12.8. The summed E-state index contributed by atoms with van der Waals surface area (Å²) in [6, 6.07) is 12.2. The van der Waals surface area contributed by atoms with Crippen molar-refractivity contribution in [1.82, 2.24) is 9.62 Å². The monoisotopic (exact) mass is 456 g/mol. The molecule has 0 aromatic heterocycles. The first kappa shape index (κ1) is 22.8. The van der Waals surface area contributed by atoms with Crippen molar-refractivity contribution >= 4 is 27.3 Å². The van der Waals surface area contributed by atoms with Crippen molar-refractivity contribution in [3.8, 4) is 0 Å². The SMILES string of the molecule is CCN1CCN(c2ccc(NC(=O)c3cccc(S(=O)(=O)NCC4CC4)c3)c(C)c2)CC1. The quantitative estimate of drug-likeness (QED) is 0.638. The molecule has 1 saturated carbocycles. The lowest BCUT2D eigenvalue weighted by Crippen LogP contribution is -2.46. The van der Waals surface area contributed by atoms with Crippen LogP contribution in [0.2, 0.25) is 0 Å². The van der Waals surface area contributed by atoms with Crippen LogP contribution in [0.3, 0.4) is 0 Å². The Bertz CT molecular complexity index is 1070. The molecule has 0 bridgehead atoms. The van der Waals surface area contributed by atoms with Gasteiger partial charge in [0, 0.05) is 49.7 Å². The second-order valence-electron chi connectivity index (χ2n) is 8.70. The topological polar surface area (TPSA) is 81.8 Å². The van der Waals surface area contributed by atoms with Crippen LogP contribution in [0.15, 0.2) is 47.4 Å². The van der Waals surface area contributed by atoms with Gasteiger partial charge in [-0.2, -0.15) is 0 Å². The lowest BCUT2D eigenvalue weighted by Gasteiger charge is -2.35. The molecule has 4 rings (SSSR count). The van der Waals surface area contributed by atoms with Crippen LogP contribution in [0.1, 0.15) is 35.7 Å². The Morgan fingerprint density at radius 1 is 1.06 bits per heavy atom. The van der Waals surface area contributed by atoms with E-state index in [0.29, 0.717) is 18.0 Å². The van der Waals surface area contributed by atoms with Crippen molar-refractivity contribution in [2.45, 2.75) is 31.6 Å². The molecule has 1 aliphatic carbocycles. The Morgan fingerprint density at radius 3 is 2.47 bits per heavy atom. The molecule has 0 radical (unpaired) electrons. The van der Waals surface area contributed by atoms with E-state index >= 15 is 0 Å². The van der Waals surface area contributed by atoms with Crippen molar-refractivity contribution < 1.29 is 13.2 Å². The molecule has 2 fully saturated rings. The third-order valence-corrected chi connectivity index (χ3v) is 7.73. The summed E-state index contributed by atoms with van der Waals surface area (Å²) in [4.78, 5) is 17.8. The molecule has 2 N–H and O–H groups in total. The Morgan fingerprint density at radius 2 is 1.81 bits per heavy atom. The van der Waals surface area contributed by atoms with Crippen molar-refractivity contribution in [2.24, 2.45) is 5.92 Å². The number of rotatable bonds is 8. The number of nitrogens with one attached hydrogen (secondary N) is 2. The standard InChI is InChI=1S/C24H32N4O3S/c1-3-27-11-13-28(14-12-27)21-9-10-23(18(2)15-21)26-24(29)20-5-4-6-22(16-20)32(30,31)25-17-19-7-8-19/h4-6,9-10,15-16,19,25H,3,7-8,11-14,17H2,1-2H3,(H,26,29). The van der Waals surface area contributed by atoms with Gasteiger partial charge in [-0.15, -0.1) is 0 Å². The lowest BCUT2D eigenvalue weighted by atomic mass is 10.1. The number of piperazine rings is 1. The maximum Gasteiger partial charge on any atom is 0.255 e. The van der Waals surface area contributed by atoms with Gasteiger partial charge >= 0.3 is 0 Å². The average molecular weight is 457 g/mol. The summed E-state index contributed by atoms with van der Waals surface area (Å²) in [6.07, 6.45) is 2.14. The highest BCUT2D eigenvalue weighted by molar-refractivity contribution is 7.89. The summed E-state index contributed by atoms with van der Waals surface area (Å²) in [6.45, 7) is 9.81. The van der Waals surface area contributed by atoms with Gasteiger partial charge < -0.3 is 15.1 Å². The molecule has 0 spiro atoms. The van der Waals surface area contributed by atoms with Gasteiger partial charge in [0.25, 0.3) is 5.91 Å². The Balaban J connectivity index is 1.42. The van der Waals surface area contributed by atoms with Crippen LogP contribution < -0.4 is 14.9 Å². The number of hydrogen-bond donors (Lipinski definition) is 2. The van der Waals surface area contributed by atoms with Gasteiger partial charge in [0.15, 0.2) is 0 Å². The maximum absolute atomic E-state index is 12.8. The number of carbonyl (C=O) groups excluding carboxylic acids is 1. The summed E-state index contributed by atoms with van der Waals surface area (Å²) < 4.78 is 27.7. The van der Waals surface area contributed by atoms with E-state index in [-0.39, 0.29) is 10.8 Å². The molecule has 2 aromatic rings. The predicted octanol–water partition coefficient (Wildman–Crippen LogP) is 3.08. The number of anilines is 2. The Kier molecular flexibility index (Phi) is 6.83. The van der Waals surface area contributed by atoms with Crippen LogP contribution in [-0.4, -0.2) is 58.5 Å². The van der Waals surface area contributed by atoms with Crippen LogP contribution in [0.4, 0.5) is 11.4 Å². The summed E-state index contributed by atoms with van der Waals surface area (Å²) in [7, 11) is -3.62. The van der Waals surface area contributed by atoms with Crippen molar-refractivity contribution in [1.29, 1.82) is 0 Å². The molecule has 8 heteroatoms. The highest BCUT2D eigenvalue weighted by Crippen LogP contribution is 2.28. The summed E-state index contributed by atoms with van der Waals surface area (Å²) in [5.41, 5.74) is 3.18. The first-order valence-electron chi connectivity index (χ1n) is 11.3. The zero-order valence-corrected chi connectivity index (χ0v) is 19.6. The first-order valence-corrected chi connectivity index (χ1v) is 12.8. The van der Waals surface area contributed by atoms with Crippen LogP contribution in [-0.2, 0) is 10.0 Å². The van der Waals surface area contributed by atoms with Crippen LogP contribution in [0, 0.1) is 12.8 Å². The average Bonchev–Trinajstić information content (AvgIpc) is 3.64. The number of likely N-dealkylation sites (N-methyl/N-ethyl adjacent to an activating group) is 1. The third-order valence-electron chi connectivity index (χ3n) is 6.31. The zero-order valence-electron chi connectivity index (χ0n) is 18.8. The van der Waals surface area contributed by atoms with Crippen molar-refractivity contribution in [3.05, 3.63) is 53.6 Å². The number of aryl methyl sites for hydroxylation is 1. The highest BCUT2D eigenvalue weighted by atomic mass is 32.2. The van der Waals surface area contributed by atoms with E-state index in [1.165, 1.54) is 12.1 Å². The van der Waals surface area contributed by atoms with Crippen molar-refractivity contribution in [2.75, 3.05) is 49.5 Å². The van der Waals surface area contributed by atoms with Gasteiger partial charge in [-0.1, -0.05) is 13.0 Å². The number of hydrogen-bond acceptors (Lipinski definition) is 5. The van der Waals surface area contributed by atoms with E-state index in [0.717, 1.165) is 62.5 Å². The number of benzene rings is 2. The number of carbonyl (C=O) groups is 1. The van der Waals surface area contributed by atoms with Gasteiger partial charge in [-0.3, -0.25) is 4.79 Å². The Hall–Kier alpha value is -2.42. The molecule has 1 aliphatic heterocycles. The minimum atomic E-state index is -3.62. The van der Waals surface area contributed by atoms with E-state index in [2.05, 4.69) is 32.8 Å². The van der Waals surface area contributed by atoms with Crippen LogP contribution in [0.5, 0.6) is 0 Å². The molecule has 7 nitrogen and oxygen atoms in total. The lowest BCUT2D eigenvalue weighted by molar-refractivity contribution is 0.102. The molecular weight excluding hydrogens is 424 g/mol. The van der Waals surface area contributed by atoms with E-state index in [9.17, 15) is 13.2 Å². The molecule has 0 atom stereocenters. The van der Waals surface area contributed by atoms with Crippen LogP contribution in [0.25, 0.3) is 0 Å². The van der Waals surface area contributed by atoms with Crippen LogP contribution >= 0.6 is 0 Å². The molecule has 1 saturated heterocycles. The zero-order chi connectivity index (χ0) is 22.7. The molecule has 1 heterocycles. The van der Waals surface area contributed by atoms with E-state index in [1.54, 1.807) is 12.1 Å². The second-order valence-corrected chi connectivity index (χ2v) is 10.5. The van der Waals surface area contributed by atoms with Gasteiger partial charge in [0.05, 0.1) is 4.90 Å². The smallest absolute Gasteiger partial charge is 0.255 e. The van der Waals surface area contributed by atoms with Crippen molar-refractivity contribution in [3.63, 3.8) is 0 Å². The molecule has 2 aliphatic rings. The van der Waals surface area contributed by atoms with E-state index < -0.39 is 10.0 Å². The largest absolute Gasteiger partial charge is 0.369 e. The molecule has 1 amide bonds. The molecule has 0 unspecified atom stereocenters. The molecule has 2 aromatic carbocycles. The first-order chi connectivity index (χ1) is 15.4. The van der Waals surface area contributed by atoms with E-state index in [4.69, 9.17) is 0 Å². The van der Waals surface area contributed by atoms with Gasteiger partial charge in [-0.05, 0) is 74.2 Å². The summed E-state index contributed by atoms with van der Waals surface area (Å²) >= 11 is 0. The third kappa shape index (κ3) is 5.49. The fourth-order valence-electron chi connectivity index (χ4n) is 3.94. The fourth-order valence-corrected chi connectivity index (χ4v) is 5.10. The number of sulfonamides is 1. The minimum absolute atomic E-state index is 0.115. The summed E-state index contributed by atoms with van der Waals surface area (Å²) in [5.74, 6) is 0.120. The summed E-state index contributed by atoms with van der Waals surface area (Å²) in [5, 5.41) is 2.93. The fraction of sp³-hybridized carbons (Fsp3) is 0.458. The van der Waals surface area contributed by atoms with Gasteiger partial charge in [-0.25, -0.2) is 13.1 Å². The molecule has 32 heavy (non-hydrogen) atoms. The number of amides is 1. The predicted molar refractivity (Wildman–Crippen MR) is 128 cm³/mol. The van der Waals surface area contributed by atoms with Gasteiger partial charge in [0.2, 0.25) is 10.0 Å². The molecular formula is C24H32N4O3S. The minimum Gasteiger partial charge on any atom is -0.369 e. The van der Waals surface area contributed by atoms with Gasteiger partial charge in [0.1, 0.15) is 0 Å².